The van der Waals surface area contributed by atoms with Gasteiger partial charge in [-0.2, -0.15) is 0 Å². The zero-order valence-corrected chi connectivity index (χ0v) is 9.31. The molecule has 1 fully saturated rings. The fourth-order valence-corrected chi connectivity index (χ4v) is 2.44. The van der Waals surface area contributed by atoms with Gasteiger partial charge in [0.1, 0.15) is 0 Å². The third kappa shape index (κ3) is 2.83. The van der Waals surface area contributed by atoms with Crippen molar-refractivity contribution in [3.05, 3.63) is 17.4 Å². The highest BCUT2D eigenvalue weighted by molar-refractivity contribution is 7.99. The van der Waals surface area contributed by atoms with Crippen LogP contribution in [0, 0.1) is 0 Å². The van der Waals surface area contributed by atoms with Crippen molar-refractivity contribution in [1.82, 2.24) is 15.3 Å². The molecule has 2 heterocycles. The summed E-state index contributed by atoms with van der Waals surface area (Å²) < 4.78 is 0. The Bertz CT molecular complexity index is 285. The Balaban J connectivity index is 1.82. The van der Waals surface area contributed by atoms with E-state index in [-0.39, 0.29) is 0 Å². The zero-order valence-electron chi connectivity index (χ0n) is 7.74. The van der Waals surface area contributed by atoms with Crippen LogP contribution in [0.25, 0.3) is 0 Å². The normalized spacial score (nSPS) is 21.4. The SMILES string of the molecule is Clc1cnc(SC[C@@H]2CCCN2)nc1. The maximum Gasteiger partial charge on any atom is 0.187 e. The minimum Gasteiger partial charge on any atom is -0.313 e. The van der Waals surface area contributed by atoms with Crippen LogP contribution in [0.15, 0.2) is 17.6 Å². The number of halogens is 1. The highest BCUT2D eigenvalue weighted by atomic mass is 35.5. The first-order chi connectivity index (χ1) is 6.84. The molecule has 1 saturated heterocycles. The van der Waals surface area contributed by atoms with Gasteiger partial charge in [0.25, 0.3) is 0 Å². The largest absolute Gasteiger partial charge is 0.313 e. The molecule has 1 aromatic rings. The van der Waals surface area contributed by atoms with Crippen molar-refractivity contribution >= 4 is 23.4 Å². The molecule has 1 aliphatic heterocycles. The van der Waals surface area contributed by atoms with E-state index in [4.69, 9.17) is 11.6 Å². The summed E-state index contributed by atoms with van der Waals surface area (Å²) in [6, 6.07) is 0.624. The summed E-state index contributed by atoms with van der Waals surface area (Å²) in [4.78, 5) is 8.26. The predicted octanol–water partition coefficient (Wildman–Crippen LogP) is 1.97. The number of thioether (sulfide) groups is 1. The molecule has 0 amide bonds. The van der Waals surface area contributed by atoms with E-state index < -0.39 is 0 Å². The van der Waals surface area contributed by atoms with Crippen molar-refractivity contribution in [1.29, 1.82) is 0 Å². The van der Waals surface area contributed by atoms with E-state index in [1.54, 1.807) is 24.2 Å². The molecule has 5 heteroatoms. The van der Waals surface area contributed by atoms with Crippen LogP contribution in [0.4, 0.5) is 0 Å². The molecule has 1 atom stereocenters. The van der Waals surface area contributed by atoms with Gasteiger partial charge in [-0.05, 0) is 19.4 Å². The highest BCUT2D eigenvalue weighted by Crippen LogP contribution is 2.18. The molecule has 1 N–H and O–H groups in total. The van der Waals surface area contributed by atoms with Crippen molar-refractivity contribution in [3.63, 3.8) is 0 Å². The maximum absolute atomic E-state index is 5.69. The van der Waals surface area contributed by atoms with Crippen LogP contribution in [0.2, 0.25) is 5.02 Å². The lowest BCUT2D eigenvalue weighted by molar-refractivity contribution is 0.673. The van der Waals surface area contributed by atoms with Gasteiger partial charge in [-0.3, -0.25) is 0 Å². The van der Waals surface area contributed by atoms with Gasteiger partial charge >= 0.3 is 0 Å². The summed E-state index contributed by atoms with van der Waals surface area (Å²) in [6.07, 6.45) is 5.82. The van der Waals surface area contributed by atoms with Gasteiger partial charge in [0.2, 0.25) is 0 Å². The highest BCUT2D eigenvalue weighted by Gasteiger charge is 2.14. The summed E-state index contributed by atoms with van der Waals surface area (Å²) >= 11 is 7.38. The van der Waals surface area contributed by atoms with Crippen LogP contribution in [0.3, 0.4) is 0 Å². The Hall–Kier alpha value is -0.320. The van der Waals surface area contributed by atoms with Crippen molar-refractivity contribution in [3.8, 4) is 0 Å². The summed E-state index contributed by atoms with van der Waals surface area (Å²) in [5, 5.41) is 4.84. The lowest BCUT2D eigenvalue weighted by Crippen LogP contribution is -2.23. The molecule has 2 rings (SSSR count). The van der Waals surface area contributed by atoms with Crippen molar-refractivity contribution < 1.29 is 0 Å². The summed E-state index contributed by atoms with van der Waals surface area (Å²) in [7, 11) is 0. The Morgan fingerprint density at radius 1 is 1.50 bits per heavy atom. The average Bonchev–Trinajstić information content (AvgIpc) is 2.70. The second-order valence-electron chi connectivity index (χ2n) is 3.29. The first kappa shape index (κ1) is 10.2. The topological polar surface area (TPSA) is 37.8 Å². The lowest BCUT2D eigenvalue weighted by Gasteiger charge is -2.07. The Morgan fingerprint density at radius 3 is 2.93 bits per heavy atom. The van der Waals surface area contributed by atoms with E-state index >= 15 is 0 Å². The molecule has 3 nitrogen and oxygen atoms in total. The molecule has 0 radical (unpaired) electrons. The molecular weight excluding hydrogens is 218 g/mol. The maximum atomic E-state index is 5.69. The number of hydrogen-bond acceptors (Lipinski definition) is 4. The summed E-state index contributed by atoms with van der Waals surface area (Å²) in [6.45, 7) is 1.15. The number of rotatable bonds is 3. The van der Waals surface area contributed by atoms with E-state index in [0.29, 0.717) is 11.1 Å². The Morgan fingerprint density at radius 2 is 2.29 bits per heavy atom. The van der Waals surface area contributed by atoms with Gasteiger partial charge in [0.15, 0.2) is 5.16 Å². The van der Waals surface area contributed by atoms with Gasteiger partial charge < -0.3 is 5.32 Å². The van der Waals surface area contributed by atoms with Crippen molar-refractivity contribution in [2.24, 2.45) is 0 Å². The minimum atomic E-state index is 0.591. The lowest BCUT2D eigenvalue weighted by atomic mass is 10.3. The van der Waals surface area contributed by atoms with Crippen LogP contribution in [0.5, 0.6) is 0 Å². The first-order valence-corrected chi connectivity index (χ1v) is 6.05. The Kier molecular flexibility index (Phi) is 3.61. The van der Waals surface area contributed by atoms with Crippen LogP contribution >= 0.6 is 23.4 Å². The molecule has 0 bridgehead atoms. The third-order valence-corrected chi connectivity index (χ3v) is 3.41. The third-order valence-electron chi connectivity index (χ3n) is 2.17. The van der Waals surface area contributed by atoms with Gasteiger partial charge in [-0.1, -0.05) is 23.4 Å². The molecular formula is C9H12ClN3S. The average molecular weight is 230 g/mol. The summed E-state index contributed by atoms with van der Waals surface area (Å²) in [5.41, 5.74) is 0. The van der Waals surface area contributed by atoms with Crippen molar-refractivity contribution in [2.75, 3.05) is 12.3 Å². The number of nitrogens with one attached hydrogen (secondary N) is 1. The molecule has 0 spiro atoms. The van der Waals surface area contributed by atoms with Gasteiger partial charge in [-0.15, -0.1) is 0 Å². The molecule has 0 unspecified atom stereocenters. The van der Waals surface area contributed by atoms with Crippen LogP contribution in [0.1, 0.15) is 12.8 Å². The van der Waals surface area contributed by atoms with E-state index in [1.165, 1.54) is 12.8 Å². The quantitative estimate of drug-likeness (QED) is 0.636. The van der Waals surface area contributed by atoms with E-state index in [1.807, 2.05) is 0 Å². The Labute approximate surface area is 92.7 Å². The van der Waals surface area contributed by atoms with Crippen LogP contribution in [-0.2, 0) is 0 Å². The van der Waals surface area contributed by atoms with Crippen LogP contribution in [-0.4, -0.2) is 28.3 Å². The van der Waals surface area contributed by atoms with E-state index in [0.717, 1.165) is 17.5 Å². The number of hydrogen-bond donors (Lipinski definition) is 1. The molecule has 1 aromatic heterocycles. The number of aromatic nitrogens is 2. The van der Waals surface area contributed by atoms with E-state index in [2.05, 4.69) is 15.3 Å². The monoisotopic (exact) mass is 229 g/mol. The van der Waals surface area contributed by atoms with Gasteiger partial charge in [-0.25, -0.2) is 9.97 Å². The molecule has 0 saturated carbocycles. The molecule has 0 aliphatic carbocycles. The smallest absolute Gasteiger partial charge is 0.187 e. The van der Waals surface area contributed by atoms with Crippen molar-refractivity contribution in [2.45, 2.75) is 24.0 Å². The minimum absolute atomic E-state index is 0.591. The number of nitrogens with zero attached hydrogens (tertiary/aromatic N) is 2. The standard InChI is InChI=1S/C9H12ClN3S/c10-7-4-12-9(13-5-7)14-6-8-2-1-3-11-8/h4-5,8,11H,1-3,6H2/t8-/m0/s1. The fourth-order valence-electron chi connectivity index (χ4n) is 1.45. The van der Waals surface area contributed by atoms with Crippen LogP contribution < -0.4 is 5.32 Å². The molecule has 76 valence electrons. The second-order valence-corrected chi connectivity index (χ2v) is 4.71. The fraction of sp³-hybridized carbons (Fsp3) is 0.556. The van der Waals surface area contributed by atoms with Gasteiger partial charge in [0.05, 0.1) is 17.4 Å². The molecule has 14 heavy (non-hydrogen) atoms. The predicted molar refractivity (Wildman–Crippen MR) is 58.8 cm³/mol. The first-order valence-electron chi connectivity index (χ1n) is 4.68. The molecule has 0 aromatic carbocycles. The summed E-state index contributed by atoms with van der Waals surface area (Å²) in [5.74, 6) is 1.04. The molecule has 1 aliphatic rings. The van der Waals surface area contributed by atoms with E-state index in [9.17, 15) is 0 Å². The zero-order chi connectivity index (χ0) is 9.80. The second kappa shape index (κ2) is 4.96. The van der Waals surface area contributed by atoms with Gasteiger partial charge in [0, 0.05) is 11.8 Å².